The molecule has 1 aromatic carbocycles. The fourth-order valence-electron chi connectivity index (χ4n) is 5.35. The molecule has 1 aliphatic carbocycles. The van der Waals surface area contributed by atoms with Gasteiger partial charge in [0.1, 0.15) is 5.82 Å². The van der Waals surface area contributed by atoms with Crippen LogP contribution in [0.2, 0.25) is 0 Å². The molecule has 1 aromatic heterocycles. The molecule has 3 heterocycles. The molecule has 1 atom stereocenters. The number of ether oxygens (including phenoxy) is 2. The van der Waals surface area contributed by atoms with Gasteiger partial charge in [-0.25, -0.2) is 4.98 Å². The van der Waals surface area contributed by atoms with Crippen molar-refractivity contribution >= 4 is 10.9 Å². The molecule has 0 spiro atoms. The summed E-state index contributed by atoms with van der Waals surface area (Å²) in [6.07, 6.45) is 6.79. The lowest BCUT2D eigenvalue weighted by atomic mass is 10.1. The van der Waals surface area contributed by atoms with Crippen LogP contribution in [0, 0.1) is 5.92 Å². The average Bonchev–Trinajstić information content (AvgIpc) is 3.36. The molecule has 5 rings (SSSR count). The number of rotatable bonds is 4. The van der Waals surface area contributed by atoms with E-state index in [9.17, 15) is 4.79 Å². The number of para-hydroxylation sites is 1. The fraction of sp³-hybridized carbons (Fsp3) is 0.652. The smallest absolute Gasteiger partial charge is 0.261 e. The number of benzene rings is 1. The van der Waals surface area contributed by atoms with Gasteiger partial charge in [0.15, 0.2) is 0 Å². The van der Waals surface area contributed by atoms with Gasteiger partial charge in [-0.2, -0.15) is 0 Å². The van der Waals surface area contributed by atoms with Crippen molar-refractivity contribution in [3.8, 4) is 0 Å². The molecular weight excluding hydrogens is 366 g/mol. The number of likely N-dealkylation sites (tertiary alicyclic amines) is 1. The molecule has 6 heteroatoms. The molecule has 3 aliphatic rings. The van der Waals surface area contributed by atoms with Crippen LogP contribution >= 0.6 is 0 Å². The Balaban J connectivity index is 1.52. The van der Waals surface area contributed by atoms with Gasteiger partial charge in [0.05, 0.1) is 43.4 Å². The molecule has 2 aromatic rings. The fourth-order valence-corrected chi connectivity index (χ4v) is 5.35. The van der Waals surface area contributed by atoms with Crippen LogP contribution in [-0.4, -0.2) is 54.0 Å². The van der Waals surface area contributed by atoms with Gasteiger partial charge in [0.25, 0.3) is 5.56 Å². The molecule has 0 radical (unpaired) electrons. The Labute approximate surface area is 171 Å². The van der Waals surface area contributed by atoms with E-state index in [1.807, 2.05) is 24.3 Å². The number of fused-ring (bicyclic) bond motifs is 1. The van der Waals surface area contributed by atoms with Gasteiger partial charge in [0.2, 0.25) is 0 Å². The van der Waals surface area contributed by atoms with Crippen molar-refractivity contribution in [3.63, 3.8) is 0 Å². The van der Waals surface area contributed by atoms with Gasteiger partial charge in [0, 0.05) is 18.5 Å². The summed E-state index contributed by atoms with van der Waals surface area (Å²) in [4.78, 5) is 21.1. The van der Waals surface area contributed by atoms with Crippen molar-refractivity contribution in [1.82, 2.24) is 14.5 Å². The second-order valence-corrected chi connectivity index (χ2v) is 8.77. The van der Waals surface area contributed by atoms with Gasteiger partial charge < -0.3 is 9.47 Å². The van der Waals surface area contributed by atoms with Crippen LogP contribution in [0.15, 0.2) is 29.1 Å². The molecule has 6 nitrogen and oxygen atoms in total. The Hall–Kier alpha value is -1.76. The lowest BCUT2D eigenvalue weighted by Crippen LogP contribution is -2.37. The molecule has 0 bridgehead atoms. The molecule has 2 aliphatic heterocycles. The van der Waals surface area contributed by atoms with Gasteiger partial charge in [-0.05, 0) is 44.4 Å². The second-order valence-electron chi connectivity index (χ2n) is 8.77. The van der Waals surface area contributed by atoms with Crippen molar-refractivity contribution in [2.75, 3.05) is 39.5 Å². The van der Waals surface area contributed by atoms with E-state index in [0.29, 0.717) is 25.2 Å². The van der Waals surface area contributed by atoms with Crippen LogP contribution in [0.3, 0.4) is 0 Å². The normalized spacial score (nSPS) is 25.0. The van der Waals surface area contributed by atoms with Crippen LogP contribution in [0.1, 0.15) is 56.4 Å². The highest BCUT2D eigenvalue weighted by Gasteiger charge is 2.34. The second kappa shape index (κ2) is 8.54. The van der Waals surface area contributed by atoms with E-state index in [4.69, 9.17) is 14.5 Å². The first-order chi connectivity index (χ1) is 14.3. The summed E-state index contributed by atoms with van der Waals surface area (Å²) < 4.78 is 13.5. The molecule has 0 amide bonds. The highest BCUT2D eigenvalue weighted by atomic mass is 16.5. The van der Waals surface area contributed by atoms with Gasteiger partial charge >= 0.3 is 0 Å². The molecule has 2 saturated heterocycles. The standard InChI is InChI=1S/C23H31N3O3/c27-23-19-8-3-4-9-20(19)24-22(26(23)18-6-1-2-7-18)21-10-5-11-25(21)14-17-15-28-12-13-29-16-17/h3-4,8-9,17-18,21H,1-2,5-7,10-16H2. The number of aromatic nitrogens is 2. The van der Waals surface area contributed by atoms with Gasteiger partial charge in [-0.1, -0.05) is 25.0 Å². The van der Waals surface area contributed by atoms with Gasteiger partial charge in [-0.3, -0.25) is 14.3 Å². The summed E-state index contributed by atoms with van der Waals surface area (Å²) in [5.41, 5.74) is 0.972. The third-order valence-electron chi connectivity index (χ3n) is 6.76. The van der Waals surface area contributed by atoms with E-state index >= 15 is 0 Å². The zero-order valence-electron chi connectivity index (χ0n) is 17.1. The Morgan fingerprint density at radius 2 is 1.76 bits per heavy atom. The summed E-state index contributed by atoms with van der Waals surface area (Å²) in [5.74, 6) is 1.36. The molecule has 1 unspecified atom stereocenters. The highest BCUT2D eigenvalue weighted by Crippen LogP contribution is 2.36. The topological polar surface area (TPSA) is 56.6 Å². The van der Waals surface area contributed by atoms with E-state index in [2.05, 4.69) is 9.47 Å². The largest absolute Gasteiger partial charge is 0.379 e. The monoisotopic (exact) mass is 397 g/mol. The first kappa shape index (κ1) is 19.2. The minimum atomic E-state index is 0.144. The molecule has 29 heavy (non-hydrogen) atoms. The lowest BCUT2D eigenvalue weighted by molar-refractivity contribution is 0.0971. The summed E-state index contributed by atoms with van der Waals surface area (Å²) in [7, 11) is 0. The van der Waals surface area contributed by atoms with Crippen molar-refractivity contribution < 1.29 is 9.47 Å². The van der Waals surface area contributed by atoms with Crippen LogP contribution in [0.5, 0.6) is 0 Å². The van der Waals surface area contributed by atoms with E-state index in [1.54, 1.807) is 0 Å². The van der Waals surface area contributed by atoms with Crippen molar-refractivity contribution in [2.45, 2.75) is 50.6 Å². The Bertz CT molecular complexity index is 898. The third-order valence-corrected chi connectivity index (χ3v) is 6.76. The quantitative estimate of drug-likeness (QED) is 0.792. The van der Waals surface area contributed by atoms with Crippen LogP contribution in [0.4, 0.5) is 0 Å². The maximum atomic E-state index is 13.5. The number of hydrogen-bond donors (Lipinski definition) is 0. The average molecular weight is 398 g/mol. The van der Waals surface area contributed by atoms with E-state index in [1.165, 1.54) is 12.8 Å². The zero-order chi connectivity index (χ0) is 19.6. The Kier molecular flexibility index (Phi) is 5.66. The van der Waals surface area contributed by atoms with Crippen molar-refractivity contribution in [1.29, 1.82) is 0 Å². The predicted molar refractivity (Wildman–Crippen MR) is 112 cm³/mol. The minimum absolute atomic E-state index is 0.144. The summed E-state index contributed by atoms with van der Waals surface area (Å²) >= 11 is 0. The van der Waals surface area contributed by atoms with Crippen LogP contribution in [-0.2, 0) is 9.47 Å². The maximum absolute atomic E-state index is 13.5. The Morgan fingerprint density at radius 3 is 2.55 bits per heavy atom. The van der Waals surface area contributed by atoms with Crippen molar-refractivity contribution in [3.05, 3.63) is 40.4 Å². The molecule has 0 N–H and O–H groups in total. The summed E-state index contributed by atoms with van der Waals surface area (Å²) in [5, 5.41) is 0.748. The SMILES string of the molecule is O=c1c2ccccc2nc(C2CCCN2CC2COCCOC2)n1C1CCCC1. The molecular formula is C23H31N3O3. The lowest BCUT2D eigenvalue weighted by Gasteiger charge is -2.30. The number of nitrogens with zero attached hydrogens (tertiary/aromatic N) is 3. The first-order valence-corrected chi connectivity index (χ1v) is 11.2. The molecule has 3 fully saturated rings. The van der Waals surface area contributed by atoms with Gasteiger partial charge in [-0.15, -0.1) is 0 Å². The van der Waals surface area contributed by atoms with Crippen LogP contribution in [0.25, 0.3) is 10.9 Å². The molecule has 156 valence electrons. The Morgan fingerprint density at radius 1 is 1.00 bits per heavy atom. The van der Waals surface area contributed by atoms with E-state index in [-0.39, 0.29) is 11.6 Å². The zero-order valence-corrected chi connectivity index (χ0v) is 17.1. The maximum Gasteiger partial charge on any atom is 0.261 e. The third kappa shape index (κ3) is 3.86. The summed E-state index contributed by atoms with van der Waals surface area (Å²) in [6, 6.07) is 8.32. The van der Waals surface area contributed by atoms with E-state index in [0.717, 1.165) is 68.7 Å². The van der Waals surface area contributed by atoms with Crippen LogP contribution < -0.4 is 5.56 Å². The van der Waals surface area contributed by atoms with E-state index < -0.39 is 0 Å². The number of hydrogen-bond acceptors (Lipinski definition) is 5. The predicted octanol–water partition coefficient (Wildman–Crippen LogP) is 3.31. The summed E-state index contributed by atoms with van der Waals surface area (Å²) in [6.45, 7) is 4.88. The highest BCUT2D eigenvalue weighted by molar-refractivity contribution is 5.77. The van der Waals surface area contributed by atoms with Crippen molar-refractivity contribution in [2.24, 2.45) is 5.92 Å². The minimum Gasteiger partial charge on any atom is -0.379 e. The molecule has 1 saturated carbocycles. The first-order valence-electron chi connectivity index (χ1n) is 11.2.